The molecule has 19 heavy (non-hydrogen) atoms. The zero-order chi connectivity index (χ0) is 14.2. The zero-order valence-electron chi connectivity index (χ0n) is 11.1. The van der Waals surface area contributed by atoms with Gasteiger partial charge in [0.2, 0.25) is 10.9 Å². The number of hydrogen-bond acceptors (Lipinski definition) is 4. The van der Waals surface area contributed by atoms with E-state index in [1.54, 1.807) is 30.3 Å². The van der Waals surface area contributed by atoms with E-state index in [4.69, 9.17) is 0 Å². The van der Waals surface area contributed by atoms with E-state index in [0.717, 1.165) is 0 Å². The van der Waals surface area contributed by atoms with Crippen molar-refractivity contribution in [2.45, 2.75) is 26.3 Å². The van der Waals surface area contributed by atoms with Gasteiger partial charge in [0.15, 0.2) is 5.78 Å². The van der Waals surface area contributed by atoms with E-state index in [1.165, 1.54) is 0 Å². The first-order valence-corrected chi connectivity index (χ1v) is 6.02. The van der Waals surface area contributed by atoms with Gasteiger partial charge in [0.05, 0.1) is 0 Å². The quantitative estimate of drug-likeness (QED) is 0.671. The van der Waals surface area contributed by atoms with Gasteiger partial charge < -0.3 is 5.32 Å². The molecular weight excluding hydrogens is 242 g/mol. The lowest BCUT2D eigenvalue weighted by atomic mass is 9.95. The van der Waals surface area contributed by atoms with Gasteiger partial charge in [-0.2, -0.15) is 0 Å². The predicted molar refractivity (Wildman–Crippen MR) is 74.6 cm³/mol. The topological polar surface area (TPSA) is 63.2 Å². The highest BCUT2D eigenvalue weighted by molar-refractivity contribution is 6.13. The van der Waals surface area contributed by atoms with Gasteiger partial charge in [-0.3, -0.25) is 14.4 Å². The van der Waals surface area contributed by atoms with E-state index in [9.17, 15) is 14.4 Å². The highest BCUT2D eigenvalue weighted by Crippen LogP contribution is 2.18. The van der Waals surface area contributed by atoms with E-state index < -0.39 is 16.6 Å². The van der Waals surface area contributed by atoms with Gasteiger partial charge in [-0.1, -0.05) is 30.3 Å². The lowest BCUT2D eigenvalue weighted by Gasteiger charge is -2.24. The number of nitrogens with one attached hydrogen (secondary N) is 1. The van der Waals surface area contributed by atoms with E-state index in [0.29, 0.717) is 5.56 Å². The third-order valence-electron chi connectivity index (χ3n) is 2.67. The Bertz CT molecular complexity index is 686. The zero-order valence-corrected chi connectivity index (χ0v) is 11.1. The van der Waals surface area contributed by atoms with Crippen molar-refractivity contribution in [1.82, 2.24) is 0 Å². The number of anilines is 1. The van der Waals surface area contributed by atoms with Crippen LogP contribution in [-0.4, -0.2) is 11.3 Å². The summed E-state index contributed by atoms with van der Waals surface area (Å²) in [7, 11) is 0. The summed E-state index contributed by atoms with van der Waals surface area (Å²) in [6.45, 7) is 5.59. The summed E-state index contributed by atoms with van der Waals surface area (Å²) in [6.07, 6.45) is 0. The van der Waals surface area contributed by atoms with Gasteiger partial charge in [0.25, 0.3) is 0 Å². The third kappa shape index (κ3) is 2.47. The SMILES string of the molecule is CC(C)(C)Nc1c(C(=O)c2ccccc2)c(=O)c1=O. The maximum atomic E-state index is 12.2. The van der Waals surface area contributed by atoms with Crippen LogP contribution < -0.4 is 16.2 Å². The normalized spacial score (nSPS) is 11.5. The molecule has 2 aromatic rings. The van der Waals surface area contributed by atoms with Crippen LogP contribution in [0.25, 0.3) is 0 Å². The van der Waals surface area contributed by atoms with Crippen molar-refractivity contribution < 1.29 is 4.79 Å². The van der Waals surface area contributed by atoms with Gasteiger partial charge in [0, 0.05) is 11.1 Å². The van der Waals surface area contributed by atoms with E-state index in [2.05, 4.69) is 5.32 Å². The van der Waals surface area contributed by atoms with Gasteiger partial charge in [0.1, 0.15) is 11.3 Å². The summed E-state index contributed by atoms with van der Waals surface area (Å²) >= 11 is 0. The molecule has 0 aliphatic carbocycles. The van der Waals surface area contributed by atoms with Crippen LogP contribution in [0, 0.1) is 0 Å². The molecule has 1 N–H and O–H groups in total. The monoisotopic (exact) mass is 257 g/mol. The highest BCUT2D eigenvalue weighted by Gasteiger charge is 2.29. The van der Waals surface area contributed by atoms with E-state index in [-0.39, 0.29) is 16.8 Å². The second-order valence-corrected chi connectivity index (χ2v) is 5.48. The van der Waals surface area contributed by atoms with Crippen molar-refractivity contribution in [3.05, 3.63) is 61.9 Å². The van der Waals surface area contributed by atoms with Crippen molar-refractivity contribution in [2.24, 2.45) is 0 Å². The number of benzene rings is 1. The van der Waals surface area contributed by atoms with Crippen molar-refractivity contribution in [3.8, 4) is 0 Å². The molecule has 0 atom stereocenters. The first-order valence-electron chi connectivity index (χ1n) is 6.02. The first kappa shape index (κ1) is 13.2. The van der Waals surface area contributed by atoms with Crippen molar-refractivity contribution in [1.29, 1.82) is 0 Å². The van der Waals surface area contributed by atoms with Gasteiger partial charge in [-0.15, -0.1) is 0 Å². The third-order valence-corrected chi connectivity index (χ3v) is 2.67. The molecule has 0 saturated carbocycles. The standard InChI is InChI=1S/C15H15NO3/c1-15(2,3)16-11-10(13(18)14(11)19)12(17)9-7-5-4-6-8-9/h4-8,16H,1-3H3. The summed E-state index contributed by atoms with van der Waals surface area (Å²) < 4.78 is 0. The highest BCUT2D eigenvalue weighted by atomic mass is 16.2. The molecule has 0 heterocycles. The number of rotatable bonds is 3. The molecule has 0 spiro atoms. The van der Waals surface area contributed by atoms with Crippen LogP contribution in [0.1, 0.15) is 36.7 Å². The summed E-state index contributed by atoms with van der Waals surface area (Å²) in [5.74, 6) is -0.406. The van der Waals surface area contributed by atoms with Crippen LogP contribution in [0.5, 0.6) is 0 Å². The van der Waals surface area contributed by atoms with Crippen LogP contribution in [-0.2, 0) is 0 Å². The van der Waals surface area contributed by atoms with Crippen molar-refractivity contribution in [2.75, 3.05) is 5.32 Å². The maximum Gasteiger partial charge on any atom is 0.250 e. The van der Waals surface area contributed by atoms with E-state index in [1.807, 2.05) is 20.8 Å². The van der Waals surface area contributed by atoms with Gasteiger partial charge in [-0.25, -0.2) is 0 Å². The van der Waals surface area contributed by atoms with E-state index >= 15 is 0 Å². The molecule has 0 aliphatic rings. The molecule has 0 bridgehead atoms. The fourth-order valence-corrected chi connectivity index (χ4v) is 1.84. The Morgan fingerprint density at radius 1 is 1.00 bits per heavy atom. The Balaban J connectivity index is 2.42. The second kappa shape index (κ2) is 4.46. The summed E-state index contributed by atoms with van der Waals surface area (Å²) in [4.78, 5) is 35.4. The molecule has 4 heteroatoms. The molecule has 0 aliphatic heterocycles. The average molecular weight is 257 g/mol. The fourth-order valence-electron chi connectivity index (χ4n) is 1.84. The lowest BCUT2D eigenvalue weighted by molar-refractivity contribution is 0.103. The maximum absolute atomic E-state index is 12.2. The molecule has 98 valence electrons. The Morgan fingerprint density at radius 3 is 2.11 bits per heavy atom. The molecule has 4 nitrogen and oxygen atoms in total. The summed E-state index contributed by atoms with van der Waals surface area (Å²) in [5.41, 5.74) is -1.20. The molecule has 0 unspecified atom stereocenters. The largest absolute Gasteiger partial charge is 0.376 e. The minimum atomic E-state index is -0.708. The molecular formula is C15H15NO3. The number of carbonyl (C=O) groups is 1. The molecule has 0 aromatic heterocycles. The number of carbonyl (C=O) groups excluding carboxylic acids is 1. The van der Waals surface area contributed by atoms with Crippen LogP contribution in [0.2, 0.25) is 0 Å². The molecule has 2 aromatic carbocycles. The molecule has 0 fully saturated rings. The second-order valence-electron chi connectivity index (χ2n) is 5.48. The van der Waals surface area contributed by atoms with Gasteiger partial charge >= 0.3 is 0 Å². The lowest BCUT2D eigenvalue weighted by Crippen LogP contribution is -2.44. The van der Waals surface area contributed by atoms with Crippen LogP contribution in [0.4, 0.5) is 5.69 Å². The van der Waals surface area contributed by atoms with Crippen LogP contribution in [0.15, 0.2) is 39.9 Å². The van der Waals surface area contributed by atoms with Crippen molar-refractivity contribution >= 4 is 11.5 Å². The minimum absolute atomic E-state index is 0.0360. The summed E-state index contributed by atoms with van der Waals surface area (Å²) in [5, 5.41) is 2.92. The Kier molecular flexibility index (Phi) is 3.10. The predicted octanol–water partition coefficient (Wildman–Crippen LogP) is 1.72. The Hall–Kier alpha value is -2.23. The smallest absolute Gasteiger partial charge is 0.250 e. The Morgan fingerprint density at radius 2 is 1.58 bits per heavy atom. The van der Waals surface area contributed by atoms with Crippen LogP contribution >= 0.6 is 0 Å². The molecule has 0 amide bonds. The first-order chi connectivity index (χ1) is 8.81. The fraction of sp³-hybridized carbons (Fsp3) is 0.267. The average Bonchev–Trinajstić information content (AvgIpc) is 2.37. The van der Waals surface area contributed by atoms with Crippen LogP contribution in [0.3, 0.4) is 0 Å². The summed E-state index contributed by atoms with van der Waals surface area (Å²) in [6, 6.07) is 8.47. The number of hydrogen-bond donors (Lipinski definition) is 1. The molecule has 2 rings (SSSR count). The molecule has 0 radical (unpaired) electrons. The Labute approximate surface area is 110 Å². The number of ketones is 1. The van der Waals surface area contributed by atoms with Crippen molar-refractivity contribution in [3.63, 3.8) is 0 Å². The van der Waals surface area contributed by atoms with Gasteiger partial charge in [-0.05, 0) is 20.8 Å². The molecule has 0 saturated heterocycles. The minimum Gasteiger partial charge on any atom is -0.376 e.